The zero-order chi connectivity index (χ0) is 23.6. The van der Waals surface area contributed by atoms with E-state index in [1.54, 1.807) is 6.20 Å². The second-order valence-corrected chi connectivity index (χ2v) is 8.21. The van der Waals surface area contributed by atoms with Gasteiger partial charge in [-0.15, -0.1) is 0 Å². The van der Waals surface area contributed by atoms with E-state index in [-0.39, 0.29) is 12.6 Å². The molecule has 0 unspecified atom stereocenters. The van der Waals surface area contributed by atoms with Crippen molar-refractivity contribution in [2.24, 2.45) is 5.73 Å². The van der Waals surface area contributed by atoms with E-state index in [0.29, 0.717) is 0 Å². The Morgan fingerprint density at radius 1 is 1.12 bits per heavy atom. The molecule has 2 aromatic carbocycles. The Labute approximate surface area is 195 Å². The molecule has 1 aliphatic carbocycles. The fourth-order valence-corrected chi connectivity index (χ4v) is 3.86. The summed E-state index contributed by atoms with van der Waals surface area (Å²) in [5.74, 6) is 1.08. The van der Waals surface area contributed by atoms with Crippen LogP contribution in [0.1, 0.15) is 55.1 Å². The van der Waals surface area contributed by atoms with Crippen molar-refractivity contribution in [2.45, 2.75) is 44.6 Å². The van der Waals surface area contributed by atoms with Gasteiger partial charge in [-0.2, -0.15) is 0 Å². The fourth-order valence-electron chi connectivity index (χ4n) is 3.86. The van der Waals surface area contributed by atoms with Crippen molar-refractivity contribution in [3.63, 3.8) is 0 Å². The molecular weight excluding hydrogens is 414 g/mol. The van der Waals surface area contributed by atoms with Gasteiger partial charge in [0.2, 0.25) is 5.91 Å². The van der Waals surface area contributed by atoms with Crippen molar-refractivity contribution < 1.29 is 15.0 Å². The topological polar surface area (TPSA) is 101 Å². The lowest BCUT2D eigenvalue weighted by Crippen LogP contribution is -2.14. The standard InChI is InChI=1S/C25H28N2O.C2H5NO2/c1-2-25-26-16-17-27(25)24(18-28)15-8-19-6-9-21(10-7-19)23-13-11-22(12-14-23)20-4-3-5-20;3-2(5)1-4/h6-17,20,24,28H,2-5,18H2,1H3;4H,1H2,(H2,3,5)/b15-8+;/t24-;/m0./s1. The van der Waals surface area contributed by atoms with E-state index >= 15 is 0 Å². The molecule has 1 heterocycles. The number of rotatable bonds is 8. The zero-order valence-electron chi connectivity index (χ0n) is 19.1. The summed E-state index contributed by atoms with van der Waals surface area (Å²) < 4.78 is 2.04. The number of amides is 1. The first kappa shape index (κ1) is 24.4. The normalized spacial score (nSPS) is 14.4. The summed E-state index contributed by atoms with van der Waals surface area (Å²) >= 11 is 0. The van der Waals surface area contributed by atoms with Gasteiger partial charge in [0.05, 0.1) is 12.6 Å². The van der Waals surface area contributed by atoms with E-state index in [9.17, 15) is 9.90 Å². The van der Waals surface area contributed by atoms with Crippen molar-refractivity contribution in [2.75, 3.05) is 13.2 Å². The number of nitrogens with two attached hydrogens (primary N) is 1. The zero-order valence-corrected chi connectivity index (χ0v) is 19.1. The molecule has 6 heteroatoms. The minimum Gasteiger partial charge on any atom is -0.394 e. The molecule has 1 aromatic heterocycles. The van der Waals surface area contributed by atoms with Gasteiger partial charge in [0, 0.05) is 18.8 Å². The van der Waals surface area contributed by atoms with Gasteiger partial charge in [-0.25, -0.2) is 4.98 Å². The molecule has 0 spiro atoms. The molecule has 0 radical (unpaired) electrons. The van der Waals surface area contributed by atoms with E-state index in [0.717, 1.165) is 23.7 Å². The number of carbonyl (C=O) groups is 1. The molecule has 6 nitrogen and oxygen atoms in total. The number of primary amides is 1. The number of hydrogen-bond acceptors (Lipinski definition) is 4. The smallest absolute Gasteiger partial charge is 0.243 e. The van der Waals surface area contributed by atoms with Crippen LogP contribution in [0.2, 0.25) is 0 Å². The molecule has 0 bridgehead atoms. The van der Waals surface area contributed by atoms with Crippen LogP contribution < -0.4 is 5.73 Å². The van der Waals surface area contributed by atoms with Gasteiger partial charge < -0.3 is 20.5 Å². The van der Waals surface area contributed by atoms with Crippen molar-refractivity contribution in [3.05, 3.63) is 84.0 Å². The van der Waals surface area contributed by atoms with Crippen LogP contribution in [0.3, 0.4) is 0 Å². The maximum Gasteiger partial charge on any atom is 0.243 e. The molecule has 1 saturated carbocycles. The Morgan fingerprint density at radius 3 is 2.21 bits per heavy atom. The number of aromatic nitrogens is 2. The summed E-state index contributed by atoms with van der Waals surface area (Å²) in [7, 11) is 0. The molecule has 33 heavy (non-hydrogen) atoms. The first-order valence-electron chi connectivity index (χ1n) is 11.5. The highest BCUT2D eigenvalue weighted by Gasteiger charge is 2.19. The van der Waals surface area contributed by atoms with Crippen LogP contribution in [0.25, 0.3) is 17.2 Å². The van der Waals surface area contributed by atoms with Gasteiger partial charge in [-0.3, -0.25) is 4.79 Å². The minimum atomic E-state index is -0.690. The molecular formula is C27H33N3O3. The van der Waals surface area contributed by atoms with Crippen LogP contribution in [-0.4, -0.2) is 38.9 Å². The molecule has 3 aromatic rings. The van der Waals surface area contributed by atoms with Crippen LogP contribution in [0.4, 0.5) is 0 Å². The summed E-state index contributed by atoms with van der Waals surface area (Å²) in [5, 5.41) is 17.4. The lowest BCUT2D eigenvalue weighted by Gasteiger charge is -2.25. The third kappa shape index (κ3) is 6.63. The number of aliphatic hydroxyl groups is 2. The average molecular weight is 448 g/mol. The van der Waals surface area contributed by atoms with Crippen LogP contribution in [-0.2, 0) is 11.2 Å². The second-order valence-electron chi connectivity index (χ2n) is 8.21. The van der Waals surface area contributed by atoms with Crippen LogP contribution in [0.15, 0.2) is 67.0 Å². The molecule has 0 saturated heterocycles. The Bertz CT molecular complexity index is 1040. The summed E-state index contributed by atoms with van der Waals surface area (Å²) in [4.78, 5) is 13.7. The Morgan fingerprint density at radius 2 is 1.73 bits per heavy atom. The fraction of sp³-hybridized carbons (Fsp3) is 0.333. The van der Waals surface area contributed by atoms with E-state index in [2.05, 4.69) is 72.2 Å². The van der Waals surface area contributed by atoms with Crippen molar-refractivity contribution in [1.82, 2.24) is 9.55 Å². The van der Waals surface area contributed by atoms with E-state index in [4.69, 9.17) is 5.11 Å². The number of nitrogens with zero attached hydrogens (tertiary/aromatic N) is 2. The van der Waals surface area contributed by atoms with E-state index in [1.165, 1.54) is 36.0 Å². The molecule has 4 rings (SSSR count). The van der Waals surface area contributed by atoms with Crippen molar-refractivity contribution in [1.29, 1.82) is 0 Å². The third-order valence-corrected chi connectivity index (χ3v) is 6.01. The van der Waals surface area contributed by atoms with Gasteiger partial charge in [0.25, 0.3) is 0 Å². The largest absolute Gasteiger partial charge is 0.394 e. The number of imidazole rings is 1. The quantitative estimate of drug-likeness (QED) is 0.484. The van der Waals surface area contributed by atoms with Crippen LogP contribution in [0, 0.1) is 0 Å². The molecule has 0 aliphatic heterocycles. The minimum absolute atomic E-state index is 0.0608. The highest BCUT2D eigenvalue weighted by Crippen LogP contribution is 2.36. The second kappa shape index (κ2) is 12.1. The molecule has 174 valence electrons. The maximum absolute atomic E-state index is 9.77. The predicted octanol–water partition coefficient (Wildman–Crippen LogP) is 4.09. The van der Waals surface area contributed by atoms with E-state index < -0.39 is 12.5 Å². The highest BCUT2D eigenvalue weighted by molar-refractivity contribution is 5.74. The van der Waals surface area contributed by atoms with Gasteiger partial charge in [-0.05, 0) is 41.0 Å². The van der Waals surface area contributed by atoms with Crippen molar-refractivity contribution >= 4 is 12.0 Å². The first-order valence-corrected chi connectivity index (χ1v) is 11.5. The monoisotopic (exact) mass is 447 g/mol. The van der Waals surface area contributed by atoms with Gasteiger partial charge in [-0.1, -0.05) is 74.0 Å². The van der Waals surface area contributed by atoms with Gasteiger partial charge in [0.1, 0.15) is 12.4 Å². The molecule has 1 aliphatic rings. The number of benzene rings is 2. The number of hydrogen-bond donors (Lipinski definition) is 3. The molecule has 1 amide bonds. The maximum atomic E-state index is 9.77. The summed E-state index contributed by atoms with van der Waals surface area (Å²) in [5.41, 5.74) is 9.51. The predicted molar refractivity (Wildman–Crippen MR) is 132 cm³/mol. The van der Waals surface area contributed by atoms with Crippen molar-refractivity contribution in [3.8, 4) is 11.1 Å². The number of aryl methyl sites for hydroxylation is 1. The summed E-state index contributed by atoms with van der Waals surface area (Å²) in [6.45, 7) is 1.58. The third-order valence-electron chi connectivity index (χ3n) is 6.01. The molecule has 1 fully saturated rings. The Kier molecular flexibility index (Phi) is 8.98. The van der Waals surface area contributed by atoms with Crippen LogP contribution >= 0.6 is 0 Å². The highest BCUT2D eigenvalue weighted by atomic mass is 16.3. The van der Waals surface area contributed by atoms with Gasteiger partial charge in [0.15, 0.2) is 0 Å². The average Bonchev–Trinajstić information content (AvgIpc) is 3.28. The number of aliphatic hydroxyl groups excluding tert-OH is 2. The van der Waals surface area contributed by atoms with E-state index in [1.807, 2.05) is 16.8 Å². The number of carbonyl (C=O) groups excluding carboxylic acids is 1. The lowest BCUT2D eigenvalue weighted by atomic mass is 9.80. The van der Waals surface area contributed by atoms with Crippen LogP contribution in [0.5, 0.6) is 0 Å². The Hall–Kier alpha value is -3.22. The molecule has 1 atom stereocenters. The SMILES string of the molecule is CCc1nccn1[C@@H](/C=C/c1ccc(-c2ccc(C3CCC3)cc2)cc1)CO.NC(=O)CO. The molecule has 4 N–H and O–H groups in total. The van der Waals surface area contributed by atoms with Gasteiger partial charge >= 0.3 is 0 Å². The first-order chi connectivity index (χ1) is 16.0. The summed E-state index contributed by atoms with van der Waals surface area (Å²) in [6.07, 6.45) is 12.8. The Balaban J connectivity index is 0.000000555. The summed E-state index contributed by atoms with van der Waals surface area (Å²) in [6, 6.07) is 17.6. The lowest BCUT2D eigenvalue weighted by molar-refractivity contribution is -0.120.